The van der Waals surface area contributed by atoms with Gasteiger partial charge in [-0.2, -0.15) is 28.6 Å². The summed E-state index contributed by atoms with van der Waals surface area (Å²) < 4.78 is 0. The SMILES string of the molecule is NCCSCc1c[nH]nc1CSCCN. The molecule has 0 aliphatic heterocycles. The van der Waals surface area contributed by atoms with Crippen molar-refractivity contribution in [3.05, 3.63) is 17.5 Å². The van der Waals surface area contributed by atoms with Crippen LogP contribution in [0.2, 0.25) is 0 Å². The molecule has 0 fully saturated rings. The number of thioether (sulfide) groups is 2. The Labute approximate surface area is 98.9 Å². The molecule has 0 aliphatic rings. The van der Waals surface area contributed by atoms with Crippen molar-refractivity contribution in [2.75, 3.05) is 24.6 Å². The minimum Gasteiger partial charge on any atom is -0.330 e. The maximum atomic E-state index is 5.44. The number of nitrogens with one attached hydrogen (secondary N) is 1. The van der Waals surface area contributed by atoms with Crippen molar-refractivity contribution in [1.29, 1.82) is 0 Å². The van der Waals surface area contributed by atoms with E-state index in [4.69, 9.17) is 11.5 Å². The number of nitrogens with two attached hydrogens (primary N) is 2. The normalized spacial score (nSPS) is 10.8. The van der Waals surface area contributed by atoms with Gasteiger partial charge in [0.05, 0.1) is 5.69 Å². The van der Waals surface area contributed by atoms with Crippen LogP contribution in [-0.4, -0.2) is 34.8 Å². The summed E-state index contributed by atoms with van der Waals surface area (Å²) in [7, 11) is 0. The minimum absolute atomic E-state index is 0.729. The molecule has 0 atom stereocenters. The Balaban J connectivity index is 2.32. The summed E-state index contributed by atoms with van der Waals surface area (Å²) in [4.78, 5) is 0. The number of hydrogen-bond donors (Lipinski definition) is 3. The third-order valence-electron chi connectivity index (χ3n) is 1.83. The van der Waals surface area contributed by atoms with Crippen LogP contribution in [0.5, 0.6) is 0 Å². The van der Waals surface area contributed by atoms with E-state index in [0.29, 0.717) is 0 Å². The van der Waals surface area contributed by atoms with Crippen LogP contribution in [0, 0.1) is 0 Å². The first kappa shape index (κ1) is 12.9. The molecule has 0 spiro atoms. The molecule has 0 bridgehead atoms. The molecule has 1 heterocycles. The third kappa shape index (κ3) is 4.92. The zero-order valence-electron chi connectivity index (χ0n) is 8.74. The lowest BCUT2D eigenvalue weighted by molar-refractivity contribution is 1.03. The van der Waals surface area contributed by atoms with E-state index >= 15 is 0 Å². The van der Waals surface area contributed by atoms with Crippen molar-refractivity contribution in [3.8, 4) is 0 Å². The Kier molecular flexibility index (Phi) is 6.91. The predicted molar refractivity (Wildman–Crippen MR) is 69.0 cm³/mol. The molecule has 0 unspecified atom stereocenters. The molecule has 5 N–H and O–H groups in total. The maximum Gasteiger partial charge on any atom is 0.0761 e. The molecule has 15 heavy (non-hydrogen) atoms. The van der Waals surface area contributed by atoms with E-state index in [9.17, 15) is 0 Å². The van der Waals surface area contributed by atoms with Gasteiger partial charge in [-0.1, -0.05) is 0 Å². The highest BCUT2D eigenvalue weighted by Crippen LogP contribution is 2.18. The number of rotatable bonds is 8. The first-order valence-electron chi connectivity index (χ1n) is 4.95. The van der Waals surface area contributed by atoms with Gasteiger partial charge in [-0.05, 0) is 0 Å². The fourth-order valence-corrected chi connectivity index (χ4v) is 2.65. The van der Waals surface area contributed by atoms with Gasteiger partial charge in [0.2, 0.25) is 0 Å². The summed E-state index contributed by atoms with van der Waals surface area (Å²) in [5.74, 6) is 3.92. The van der Waals surface area contributed by atoms with E-state index in [-0.39, 0.29) is 0 Å². The summed E-state index contributed by atoms with van der Waals surface area (Å²) in [6, 6.07) is 0. The molecule has 0 saturated heterocycles. The number of aromatic nitrogens is 2. The minimum atomic E-state index is 0.729. The van der Waals surface area contributed by atoms with Gasteiger partial charge in [0.25, 0.3) is 0 Å². The summed E-state index contributed by atoms with van der Waals surface area (Å²) in [5, 5.41) is 7.15. The Morgan fingerprint density at radius 3 is 2.47 bits per heavy atom. The summed E-state index contributed by atoms with van der Waals surface area (Å²) >= 11 is 3.67. The molecule has 4 nitrogen and oxygen atoms in total. The van der Waals surface area contributed by atoms with Gasteiger partial charge in [0.1, 0.15) is 0 Å². The zero-order chi connectivity index (χ0) is 10.9. The van der Waals surface area contributed by atoms with Crippen LogP contribution in [-0.2, 0) is 11.5 Å². The van der Waals surface area contributed by atoms with E-state index in [1.165, 1.54) is 5.56 Å². The Morgan fingerprint density at radius 2 is 1.80 bits per heavy atom. The number of nitrogens with zero attached hydrogens (tertiary/aromatic N) is 1. The molecule has 0 radical (unpaired) electrons. The van der Waals surface area contributed by atoms with Gasteiger partial charge in [-0.3, -0.25) is 5.10 Å². The summed E-state index contributed by atoms with van der Waals surface area (Å²) in [6.07, 6.45) is 1.97. The summed E-state index contributed by atoms with van der Waals surface area (Å²) in [5.41, 5.74) is 13.3. The lowest BCUT2D eigenvalue weighted by atomic mass is 10.3. The lowest BCUT2D eigenvalue weighted by Crippen LogP contribution is -2.02. The lowest BCUT2D eigenvalue weighted by Gasteiger charge is -2.01. The van der Waals surface area contributed by atoms with Crippen LogP contribution in [0.15, 0.2) is 6.20 Å². The van der Waals surface area contributed by atoms with E-state index in [0.717, 1.165) is 41.8 Å². The standard InChI is InChI=1S/C9H18N4S2/c10-1-3-14-6-8-5-12-13-9(8)7-15-4-2-11/h5H,1-4,6-7,10-11H2,(H,12,13). The van der Waals surface area contributed by atoms with Crippen LogP contribution in [0.25, 0.3) is 0 Å². The molecule has 0 aliphatic carbocycles. The van der Waals surface area contributed by atoms with Gasteiger partial charge in [-0.15, -0.1) is 0 Å². The van der Waals surface area contributed by atoms with Crippen LogP contribution in [0.3, 0.4) is 0 Å². The summed E-state index contributed by atoms with van der Waals surface area (Å²) in [6.45, 7) is 1.46. The van der Waals surface area contributed by atoms with Gasteiger partial charge in [-0.25, -0.2) is 0 Å². The van der Waals surface area contributed by atoms with E-state index < -0.39 is 0 Å². The Bertz CT molecular complexity index is 240. The molecule has 1 rings (SSSR count). The third-order valence-corrected chi connectivity index (χ3v) is 3.87. The highest BCUT2D eigenvalue weighted by atomic mass is 32.2. The average molecular weight is 246 g/mol. The smallest absolute Gasteiger partial charge is 0.0761 e. The first-order chi connectivity index (χ1) is 7.38. The first-order valence-corrected chi connectivity index (χ1v) is 7.26. The number of hydrogen-bond acceptors (Lipinski definition) is 5. The Morgan fingerprint density at radius 1 is 1.13 bits per heavy atom. The second-order valence-electron chi connectivity index (χ2n) is 3.04. The van der Waals surface area contributed by atoms with Crippen molar-refractivity contribution in [2.24, 2.45) is 11.5 Å². The van der Waals surface area contributed by atoms with Gasteiger partial charge in [0.15, 0.2) is 0 Å². The van der Waals surface area contributed by atoms with Gasteiger partial charge < -0.3 is 11.5 Å². The molecule has 0 amide bonds. The fraction of sp³-hybridized carbons (Fsp3) is 0.667. The van der Waals surface area contributed by atoms with E-state index in [2.05, 4.69) is 10.2 Å². The molecule has 86 valence electrons. The van der Waals surface area contributed by atoms with E-state index in [1.54, 1.807) is 0 Å². The van der Waals surface area contributed by atoms with Crippen molar-refractivity contribution in [1.82, 2.24) is 10.2 Å². The van der Waals surface area contributed by atoms with E-state index in [1.807, 2.05) is 29.7 Å². The maximum absolute atomic E-state index is 5.44. The van der Waals surface area contributed by atoms with Crippen molar-refractivity contribution >= 4 is 23.5 Å². The largest absolute Gasteiger partial charge is 0.330 e. The van der Waals surface area contributed by atoms with Crippen LogP contribution < -0.4 is 11.5 Å². The topological polar surface area (TPSA) is 80.7 Å². The average Bonchev–Trinajstić information content (AvgIpc) is 2.67. The zero-order valence-corrected chi connectivity index (χ0v) is 10.4. The van der Waals surface area contributed by atoms with Gasteiger partial charge in [0, 0.05) is 47.9 Å². The second-order valence-corrected chi connectivity index (χ2v) is 5.25. The fourth-order valence-electron chi connectivity index (χ4n) is 1.11. The van der Waals surface area contributed by atoms with Crippen molar-refractivity contribution < 1.29 is 0 Å². The molecular weight excluding hydrogens is 228 g/mol. The Hall–Kier alpha value is -0.170. The molecule has 1 aromatic rings. The van der Waals surface area contributed by atoms with Crippen LogP contribution >= 0.6 is 23.5 Å². The quantitative estimate of drug-likeness (QED) is 0.591. The highest BCUT2D eigenvalue weighted by molar-refractivity contribution is 7.98. The van der Waals surface area contributed by atoms with Crippen LogP contribution in [0.1, 0.15) is 11.3 Å². The second kappa shape index (κ2) is 8.04. The van der Waals surface area contributed by atoms with Crippen LogP contribution in [0.4, 0.5) is 0 Å². The molecule has 1 aromatic heterocycles. The molecular formula is C9H18N4S2. The highest BCUT2D eigenvalue weighted by Gasteiger charge is 2.05. The molecule has 0 aromatic carbocycles. The van der Waals surface area contributed by atoms with Crippen molar-refractivity contribution in [2.45, 2.75) is 11.5 Å². The molecule has 0 saturated carbocycles. The van der Waals surface area contributed by atoms with Crippen molar-refractivity contribution in [3.63, 3.8) is 0 Å². The predicted octanol–water partition coefficient (Wildman–Crippen LogP) is 0.793. The number of aromatic amines is 1. The van der Waals surface area contributed by atoms with Gasteiger partial charge >= 0.3 is 0 Å². The monoisotopic (exact) mass is 246 g/mol. The number of H-pyrrole nitrogens is 1. The molecule has 6 heteroatoms.